The molecule has 1 heterocycles. The van der Waals surface area contributed by atoms with Gasteiger partial charge in [0.25, 0.3) is 5.91 Å². The number of alkyl halides is 3. The van der Waals surface area contributed by atoms with Gasteiger partial charge < -0.3 is 19.5 Å². The second-order valence-corrected chi connectivity index (χ2v) is 6.47. The van der Waals surface area contributed by atoms with Crippen LogP contribution in [0.3, 0.4) is 0 Å². The molecular formula is C22H19F3N2O4. The molecule has 0 radical (unpaired) electrons. The van der Waals surface area contributed by atoms with Crippen LogP contribution in [0.1, 0.15) is 21.7 Å². The van der Waals surface area contributed by atoms with Crippen LogP contribution >= 0.6 is 0 Å². The highest BCUT2D eigenvalue weighted by molar-refractivity contribution is 6.05. The number of nitrogens with zero attached hydrogens (tertiary/aromatic N) is 1. The van der Waals surface area contributed by atoms with E-state index in [9.17, 15) is 18.0 Å². The van der Waals surface area contributed by atoms with Gasteiger partial charge in [-0.05, 0) is 67.6 Å². The van der Waals surface area contributed by atoms with Crippen LogP contribution in [0.25, 0.3) is 0 Å². The maximum absolute atomic E-state index is 12.5. The van der Waals surface area contributed by atoms with Gasteiger partial charge in [0.05, 0.1) is 23.6 Å². The van der Waals surface area contributed by atoms with Gasteiger partial charge in [-0.2, -0.15) is 0 Å². The lowest BCUT2D eigenvalue weighted by molar-refractivity contribution is -0.274. The Morgan fingerprint density at radius 1 is 0.935 bits per heavy atom. The molecule has 0 aliphatic rings. The van der Waals surface area contributed by atoms with Crippen LogP contribution < -0.4 is 14.8 Å². The van der Waals surface area contributed by atoms with E-state index in [1.54, 1.807) is 50.4 Å². The quantitative estimate of drug-likeness (QED) is 0.536. The lowest BCUT2D eigenvalue weighted by Crippen LogP contribution is -2.16. The molecule has 0 atom stereocenters. The number of halogens is 3. The molecule has 31 heavy (non-hydrogen) atoms. The van der Waals surface area contributed by atoms with Crippen molar-refractivity contribution in [3.05, 3.63) is 77.6 Å². The summed E-state index contributed by atoms with van der Waals surface area (Å²) in [5.74, 6) is 0.147. The second kappa shape index (κ2) is 9.48. The number of carbonyl (C=O) groups excluding carboxylic acids is 1. The van der Waals surface area contributed by atoms with Gasteiger partial charge in [0, 0.05) is 12.8 Å². The summed E-state index contributed by atoms with van der Waals surface area (Å²) in [6.45, 7) is 2.11. The Bertz CT molecular complexity index is 1040. The fourth-order valence-corrected chi connectivity index (χ4v) is 2.73. The Labute approximate surface area is 176 Å². The number of ether oxygens (including phenoxy) is 3. The van der Waals surface area contributed by atoms with Crippen molar-refractivity contribution in [1.82, 2.24) is 4.98 Å². The Kier molecular flexibility index (Phi) is 6.76. The number of benzene rings is 2. The number of carbonyl (C=O) groups is 1. The first kappa shape index (κ1) is 22.1. The summed E-state index contributed by atoms with van der Waals surface area (Å²) in [7, 11) is 1.57. The molecule has 0 aliphatic carbocycles. The normalized spacial score (nSPS) is 11.1. The fraction of sp³-hybridized carbons (Fsp3) is 0.182. The number of pyridine rings is 1. The molecule has 0 saturated heterocycles. The molecule has 0 fully saturated rings. The molecule has 0 aliphatic heterocycles. The minimum Gasteiger partial charge on any atom is -0.457 e. The number of hydrogen-bond acceptors (Lipinski definition) is 5. The summed E-state index contributed by atoms with van der Waals surface area (Å²) in [4.78, 5) is 16.8. The Morgan fingerprint density at radius 3 is 2.06 bits per heavy atom. The van der Waals surface area contributed by atoms with Crippen molar-refractivity contribution in [2.75, 3.05) is 12.4 Å². The Hall–Kier alpha value is -3.59. The second-order valence-electron chi connectivity index (χ2n) is 6.47. The van der Waals surface area contributed by atoms with Crippen molar-refractivity contribution in [2.45, 2.75) is 19.9 Å². The monoisotopic (exact) mass is 432 g/mol. The molecule has 3 aromatic rings. The van der Waals surface area contributed by atoms with Crippen LogP contribution in [0.15, 0.2) is 60.7 Å². The predicted octanol–water partition coefficient (Wildman–Crippen LogP) is 5.48. The van der Waals surface area contributed by atoms with E-state index >= 15 is 0 Å². The Morgan fingerprint density at radius 2 is 1.52 bits per heavy atom. The van der Waals surface area contributed by atoms with Gasteiger partial charge >= 0.3 is 6.36 Å². The smallest absolute Gasteiger partial charge is 0.457 e. The van der Waals surface area contributed by atoms with Crippen molar-refractivity contribution >= 4 is 11.6 Å². The predicted molar refractivity (Wildman–Crippen MR) is 107 cm³/mol. The number of nitrogens with one attached hydrogen (secondary N) is 1. The number of amides is 1. The highest BCUT2D eigenvalue weighted by Gasteiger charge is 2.31. The fourth-order valence-electron chi connectivity index (χ4n) is 2.73. The Balaban J connectivity index is 1.60. The van der Waals surface area contributed by atoms with Gasteiger partial charge in [0.2, 0.25) is 0 Å². The van der Waals surface area contributed by atoms with Crippen molar-refractivity contribution in [3.8, 4) is 17.2 Å². The third-order valence-electron chi connectivity index (χ3n) is 4.09. The van der Waals surface area contributed by atoms with Crippen LogP contribution in [0, 0.1) is 6.92 Å². The number of aromatic nitrogens is 1. The zero-order valence-corrected chi connectivity index (χ0v) is 16.7. The van der Waals surface area contributed by atoms with E-state index in [0.29, 0.717) is 35.1 Å². The van der Waals surface area contributed by atoms with Crippen molar-refractivity contribution in [3.63, 3.8) is 0 Å². The van der Waals surface area contributed by atoms with Crippen molar-refractivity contribution < 1.29 is 32.2 Å². The summed E-state index contributed by atoms with van der Waals surface area (Å²) in [6, 6.07) is 15.0. The lowest BCUT2D eigenvalue weighted by atomic mass is 10.1. The van der Waals surface area contributed by atoms with Gasteiger partial charge in [-0.1, -0.05) is 0 Å². The summed E-state index contributed by atoms with van der Waals surface area (Å²) in [5, 5.41) is 2.78. The van der Waals surface area contributed by atoms with Crippen LogP contribution in [0.4, 0.5) is 18.9 Å². The van der Waals surface area contributed by atoms with Crippen LogP contribution in [0.2, 0.25) is 0 Å². The summed E-state index contributed by atoms with van der Waals surface area (Å²) in [6.07, 6.45) is -4.75. The van der Waals surface area contributed by atoms with E-state index in [1.807, 2.05) is 0 Å². The van der Waals surface area contributed by atoms with Crippen molar-refractivity contribution in [1.29, 1.82) is 0 Å². The van der Waals surface area contributed by atoms with Gasteiger partial charge in [0.1, 0.15) is 17.2 Å². The molecule has 9 heteroatoms. The zero-order chi connectivity index (χ0) is 22.4. The summed E-state index contributed by atoms with van der Waals surface area (Å²) in [5.41, 5.74) is 2.31. The van der Waals surface area contributed by atoms with Gasteiger partial charge in [-0.3, -0.25) is 9.78 Å². The van der Waals surface area contributed by atoms with Crippen LogP contribution in [-0.4, -0.2) is 24.4 Å². The van der Waals surface area contributed by atoms with Crippen LogP contribution in [-0.2, 0) is 11.3 Å². The highest BCUT2D eigenvalue weighted by Crippen LogP contribution is 2.28. The molecule has 1 aromatic heterocycles. The molecule has 0 bridgehead atoms. The van der Waals surface area contributed by atoms with Gasteiger partial charge in [-0.25, -0.2) is 0 Å². The van der Waals surface area contributed by atoms with Crippen LogP contribution in [0.5, 0.6) is 17.2 Å². The summed E-state index contributed by atoms with van der Waals surface area (Å²) < 4.78 is 51.1. The van der Waals surface area contributed by atoms with E-state index in [2.05, 4.69) is 15.0 Å². The van der Waals surface area contributed by atoms with Crippen molar-refractivity contribution in [2.24, 2.45) is 0 Å². The van der Waals surface area contributed by atoms with Gasteiger partial charge in [-0.15, -0.1) is 13.2 Å². The first-order chi connectivity index (χ1) is 14.7. The molecule has 1 N–H and O–H groups in total. The molecule has 0 unspecified atom stereocenters. The molecule has 6 nitrogen and oxygen atoms in total. The highest BCUT2D eigenvalue weighted by atomic mass is 19.4. The summed E-state index contributed by atoms with van der Waals surface area (Å²) >= 11 is 0. The van der Waals surface area contributed by atoms with Gasteiger partial charge in [0.15, 0.2) is 0 Å². The molecular weight excluding hydrogens is 413 g/mol. The minimum absolute atomic E-state index is 0.303. The minimum atomic E-state index is -4.75. The average Bonchev–Trinajstić information content (AvgIpc) is 2.70. The number of methoxy groups -OCH3 is 1. The lowest BCUT2D eigenvalue weighted by Gasteiger charge is -2.11. The number of anilines is 1. The molecule has 0 saturated carbocycles. The molecule has 162 valence electrons. The SMILES string of the molecule is COCc1ccc(C(=O)Nc2ccc(Oc3ccc(OC(F)(F)F)cc3)cc2)c(C)n1. The number of hydrogen-bond donors (Lipinski definition) is 1. The topological polar surface area (TPSA) is 69.7 Å². The van der Waals surface area contributed by atoms with E-state index in [1.165, 1.54) is 12.1 Å². The first-order valence-corrected chi connectivity index (χ1v) is 9.14. The maximum Gasteiger partial charge on any atom is 0.573 e. The largest absolute Gasteiger partial charge is 0.573 e. The maximum atomic E-state index is 12.5. The third-order valence-corrected chi connectivity index (χ3v) is 4.09. The first-order valence-electron chi connectivity index (χ1n) is 9.14. The number of aryl methyl sites for hydroxylation is 1. The van der Waals surface area contributed by atoms with E-state index in [-0.39, 0.29) is 11.7 Å². The zero-order valence-electron chi connectivity index (χ0n) is 16.7. The van der Waals surface area contributed by atoms with E-state index in [4.69, 9.17) is 9.47 Å². The third kappa shape index (κ3) is 6.45. The number of rotatable bonds is 7. The van der Waals surface area contributed by atoms with E-state index in [0.717, 1.165) is 17.8 Å². The molecule has 3 rings (SSSR count). The standard InChI is InChI=1S/C22H19F3N2O4/c1-14-20(12-5-16(26-14)13-29-2)21(28)27-15-3-6-17(7-4-15)30-18-8-10-19(11-9-18)31-22(23,24)25/h3-12H,13H2,1-2H3,(H,27,28). The molecule has 2 aromatic carbocycles. The molecule has 0 spiro atoms. The molecule has 1 amide bonds. The average molecular weight is 432 g/mol. The van der Waals surface area contributed by atoms with E-state index < -0.39 is 6.36 Å².